The van der Waals surface area contributed by atoms with Crippen LogP contribution in [-0.4, -0.2) is 72.0 Å². The highest BCUT2D eigenvalue weighted by Gasteiger charge is 2.43. The monoisotopic (exact) mass is 629 g/mol. The van der Waals surface area contributed by atoms with Crippen LogP contribution in [0.15, 0.2) is 72.8 Å². The lowest BCUT2D eigenvalue weighted by Gasteiger charge is -2.36. The Bertz CT molecular complexity index is 1400. The number of halogens is 3. The summed E-state index contributed by atoms with van der Waals surface area (Å²) in [4.78, 5) is 34.8. The van der Waals surface area contributed by atoms with Gasteiger partial charge in [-0.1, -0.05) is 40.9 Å². The molecule has 1 N–H and O–H groups in total. The van der Waals surface area contributed by atoms with Crippen molar-refractivity contribution in [2.45, 2.75) is 18.9 Å². The molecule has 2 heterocycles. The highest BCUT2D eigenvalue weighted by molar-refractivity contribution is 7.80. The summed E-state index contributed by atoms with van der Waals surface area (Å²) >= 11 is 24.0. The lowest BCUT2D eigenvalue weighted by atomic mass is 10.1. The summed E-state index contributed by atoms with van der Waals surface area (Å²) in [7, 11) is 0. The fourth-order valence-electron chi connectivity index (χ4n) is 5.20. The first-order valence-electron chi connectivity index (χ1n) is 13.5. The quantitative estimate of drug-likeness (QED) is 0.285. The fourth-order valence-corrected chi connectivity index (χ4v) is 6.05. The van der Waals surface area contributed by atoms with Gasteiger partial charge in [0.05, 0.1) is 12.1 Å². The van der Waals surface area contributed by atoms with E-state index in [4.69, 9.17) is 47.0 Å². The number of amides is 2. The first-order chi connectivity index (χ1) is 19.8. The number of thiocarbonyl (C=S) groups is 1. The van der Waals surface area contributed by atoms with E-state index in [1.807, 2.05) is 23.1 Å². The number of nitrogens with zero attached hydrogens (tertiary/aromatic N) is 4. The molecule has 2 aliphatic rings. The van der Waals surface area contributed by atoms with E-state index in [-0.39, 0.29) is 18.2 Å². The largest absolute Gasteiger partial charge is 0.369 e. The van der Waals surface area contributed by atoms with Gasteiger partial charge in [-0.2, -0.15) is 0 Å². The van der Waals surface area contributed by atoms with Crippen LogP contribution >= 0.6 is 47.0 Å². The minimum absolute atomic E-state index is 0.0238. The Labute approximate surface area is 260 Å². The van der Waals surface area contributed by atoms with Crippen LogP contribution < -0.4 is 15.1 Å². The standard InChI is InChI=1S/C30H30Cl3N5O2S/c31-21-5-9-24(10-6-21)34-28(39)20-27-29(40)38(25-11-7-22(32)8-12-25)30(41)37(27)14-2-13-35-15-17-36(18-16-35)26-4-1-3-23(33)19-26/h1,3-12,19,27H,2,13-18,20H2,(H,34,39)/t27-/m1/s1. The minimum atomic E-state index is -0.704. The molecule has 0 aromatic heterocycles. The van der Waals surface area contributed by atoms with Gasteiger partial charge in [0, 0.05) is 59.2 Å². The van der Waals surface area contributed by atoms with Crippen LogP contribution in [0, 0.1) is 0 Å². The molecule has 2 aliphatic heterocycles. The van der Waals surface area contributed by atoms with Crippen molar-refractivity contribution in [1.29, 1.82) is 0 Å². The number of rotatable bonds is 9. The van der Waals surface area contributed by atoms with Crippen molar-refractivity contribution in [3.8, 4) is 0 Å². The SMILES string of the molecule is O=C(C[C@@H]1C(=O)N(c2ccc(Cl)cc2)C(=S)N1CCCN1CCN(c2cccc(Cl)c2)CC1)Nc1ccc(Cl)cc1. The molecule has 1 atom stereocenters. The van der Waals surface area contributed by atoms with E-state index in [9.17, 15) is 9.59 Å². The van der Waals surface area contributed by atoms with Gasteiger partial charge in [-0.05, 0) is 91.9 Å². The van der Waals surface area contributed by atoms with Crippen LogP contribution in [0.2, 0.25) is 15.1 Å². The number of carbonyl (C=O) groups excluding carboxylic acids is 2. The molecule has 0 saturated carbocycles. The zero-order valence-corrected chi connectivity index (χ0v) is 25.4. The number of nitrogens with one attached hydrogen (secondary N) is 1. The van der Waals surface area contributed by atoms with E-state index in [2.05, 4.69) is 21.2 Å². The second-order valence-corrected chi connectivity index (χ2v) is 11.7. The first-order valence-corrected chi connectivity index (χ1v) is 15.0. The van der Waals surface area contributed by atoms with Crippen LogP contribution in [0.4, 0.5) is 17.1 Å². The summed E-state index contributed by atoms with van der Waals surface area (Å²) < 4.78 is 0. The average molecular weight is 631 g/mol. The fraction of sp³-hybridized carbons (Fsp3) is 0.300. The van der Waals surface area contributed by atoms with Gasteiger partial charge >= 0.3 is 0 Å². The maximum atomic E-state index is 13.6. The van der Waals surface area contributed by atoms with Gasteiger partial charge in [0.2, 0.25) is 5.91 Å². The van der Waals surface area contributed by atoms with Crippen LogP contribution in [0.1, 0.15) is 12.8 Å². The number of anilines is 3. The number of benzene rings is 3. The van der Waals surface area contributed by atoms with Gasteiger partial charge in [-0.25, -0.2) is 0 Å². The number of piperazine rings is 1. The predicted molar refractivity (Wildman–Crippen MR) is 171 cm³/mol. The van der Waals surface area contributed by atoms with Crippen LogP contribution in [0.3, 0.4) is 0 Å². The van der Waals surface area contributed by atoms with Crippen LogP contribution in [-0.2, 0) is 9.59 Å². The zero-order valence-electron chi connectivity index (χ0n) is 22.3. The van der Waals surface area contributed by atoms with E-state index in [1.165, 1.54) is 4.90 Å². The molecule has 0 spiro atoms. The third-order valence-corrected chi connectivity index (χ3v) is 8.49. The van der Waals surface area contributed by atoms with Crippen molar-refractivity contribution in [3.63, 3.8) is 0 Å². The Balaban J connectivity index is 1.22. The Morgan fingerprint density at radius 3 is 2.15 bits per heavy atom. The number of carbonyl (C=O) groups is 2. The molecule has 11 heteroatoms. The van der Waals surface area contributed by atoms with Crippen molar-refractivity contribution in [1.82, 2.24) is 9.80 Å². The molecular formula is C30H30Cl3N5O2S. The average Bonchev–Trinajstić information content (AvgIpc) is 3.19. The van der Waals surface area contributed by atoms with E-state index in [0.717, 1.165) is 49.9 Å². The first kappa shape index (κ1) is 29.6. The topological polar surface area (TPSA) is 59.1 Å². The van der Waals surface area contributed by atoms with Gasteiger partial charge in [0.15, 0.2) is 5.11 Å². The lowest BCUT2D eigenvalue weighted by molar-refractivity contribution is -0.124. The normalized spacial score (nSPS) is 17.8. The summed E-state index contributed by atoms with van der Waals surface area (Å²) in [5, 5.41) is 5.15. The Morgan fingerprint density at radius 2 is 1.49 bits per heavy atom. The molecule has 0 aliphatic carbocycles. The summed E-state index contributed by atoms with van der Waals surface area (Å²) in [5.74, 6) is -0.493. The molecule has 0 unspecified atom stereocenters. The van der Waals surface area contributed by atoms with Crippen LogP contribution in [0.25, 0.3) is 0 Å². The van der Waals surface area contributed by atoms with E-state index >= 15 is 0 Å². The van der Waals surface area contributed by atoms with Crippen molar-refractivity contribution in [2.75, 3.05) is 54.4 Å². The number of hydrogen-bond acceptors (Lipinski definition) is 5. The van der Waals surface area contributed by atoms with Crippen molar-refractivity contribution >= 4 is 81.0 Å². The van der Waals surface area contributed by atoms with E-state index in [0.29, 0.717) is 33.1 Å². The molecule has 5 rings (SSSR count). The van der Waals surface area contributed by atoms with Gasteiger partial charge < -0.3 is 15.1 Å². The summed E-state index contributed by atoms with van der Waals surface area (Å²) in [6.07, 6.45) is 0.776. The second kappa shape index (κ2) is 13.4. The van der Waals surface area contributed by atoms with Crippen molar-refractivity contribution in [3.05, 3.63) is 87.9 Å². The third kappa shape index (κ3) is 7.31. The summed E-state index contributed by atoms with van der Waals surface area (Å²) in [6, 6.07) is 21.1. The van der Waals surface area contributed by atoms with Crippen LogP contribution in [0.5, 0.6) is 0 Å². The van der Waals surface area contributed by atoms with Gasteiger partial charge in [-0.15, -0.1) is 0 Å². The molecule has 41 heavy (non-hydrogen) atoms. The minimum Gasteiger partial charge on any atom is -0.369 e. The van der Waals surface area contributed by atoms with Gasteiger partial charge in [0.1, 0.15) is 6.04 Å². The Hall–Kier alpha value is -2.88. The van der Waals surface area contributed by atoms with Crippen molar-refractivity contribution in [2.24, 2.45) is 0 Å². The molecule has 0 radical (unpaired) electrons. The highest BCUT2D eigenvalue weighted by Crippen LogP contribution is 2.29. The maximum Gasteiger partial charge on any atom is 0.256 e. The summed E-state index contributed by atoms with van der Waals surface area (Å²) in [5.41, 5.74) is 2.39. The molecular weight excluding hydrogens is 601 g/mol. The third-order valence-electron chi connectivity index (χ3n) is 7.33. The smallest absolute Gasteiger partial charge is 0.256 e. The molecule has 0 bridgehead atoms. The molecule has 2 fully saturated rings. The molecule has 3 aromatic rings. The number of hydrogen-bond donors (Lipinski definition) is 1. The second-order valence-electron chi connectivity index (χ2n) is 10.1. The summed E-state index contributed by atoms with van der Waals surface area (Å²) in [6.45, 7) is 5.11. The molecule has 2 amide bonds. The molecule has 7 nitrogen and oxygen atoms in total. The molecule has 3 aromatic carbocycles. The van der Waals surface area contributed by atoms with E-state index in [1.54, 1.807) is 48.5 Å². The highest BCUT2D eigenvalue weighted by atomic mass is 35.5. The van der Waals surface area contributed by atoms with E-state index < -0.39 is 6.04 Å². The lowest BCUT2D eigenvalue weighted by Crippen LogP contribution is -2.47. The maximum absolute atomic E-state index is 13.6. The predicted octanol–water partition coefficient (Wildman–Crippen LogP) is 6.19. The molecule has 214 valence electrons. The Morgan fingerprint density at radius 1 is 0.829 bits per heavy atom. The van der Waals surface area contributed by atoms with Gasteiger partial charge in [0.25, 0.3) is 5.91 Å². The Kier molecular flexibility index (Phi) is 9.68. The van der Waals surface area contributed by atoms with Crippen molar-refractivity contribution < 1.29 is 9.59 Å². The van der Waals surface area contributed by atoms with Gasteiger partial charge in [-0.3, -0.25) is 19.4 Å². The molecule has 2 saturated heterocycles. The zero-order chi connectivity index (χ0) is 28.9.